The lowest BCUT2D eigenvalue weighted by atomic mass is 9.93. The molecule has 2 aliphatic rings. The quantitative estimate of drug-likeness (QED) is 0.721. The van der Waals surface area contributed by atoms with Gasteiger partial charge in [0, 0.05) is 0 Å². The molecule has 12 nitrogen and oxygen atoms in total. The Morgan fingerprint density at radius 1 is 1.46 bits per heavy atom. The zero-order valence-electron chi connectivity index (χ0n) is 13.2. The molecule has 4 rings (SSSR count). The molecular weight excluding hydrogens is 350 g/mol. The molecule has 4 atom stereocenters. The summed E-state index contributed by atoms with van der Waals surface area (Å²) in [4.78, 5) is 26.9. The maximum absolute atomic E-state index is 11.6. The summed E-state index contributed by atoms with van der Waals surface area (Å²) in [5, 5.41) is 13.9. The van der Waals surface area contributed by atoms with E-state index < -0.39 is 36.4 Å². The first kappa shape index (κ1) is 15.9. The highest BCUT2D eigenvalue weighted by Gasteiger charge is 2.67. The van der Waals surface area contributed by atoms with E-state index in [2.05, 4.69) is 14.8 Å². The van der Waals surface area contributed by atoms with Crippen LogP contribution in [0.3, 0.4) is 0 Å². The summed E-state index contributed by atoms with van der Waals surface area (Å²) < 4.78 is 26.5. The van der Waals surface area contributed by atoms with Gasteiger partial charge in [-0.25, -0.2) is 19.1 Å². The lowest BCUT2D eigenvalue weighted by Crippen LogP contribution is -2.39. The van der Waals surface area contributed by atoms with Gasteiger partial charge in [0.1, 0.15) is 17.9 Å². The molecule has 2 aromatic heterocycles. The second-order valence-corrected chi connectivity index (χ2v) is 5.44. The van der Waals surface area contributed by atoms with Crippen LogP contribution in [0.25, 0.3) is 5.52 Å². The maximum Gasteiger partial charge on any atom is 0.510 e. The van der Waals surface area contributed by atoms with Crippen molar-refractivity contribution in [2.45, 2.75) is 24.1 Å². The molecule has 4 heterocycles. The minimum absolute atomic E-state index is 0.177. The molecule has 2 aliphatic heterocycles. The summed E-state index contributed by atoms with van der Waals surface area (Å²) in [5.41, 5.74) is 4.56. The molecule has 2 aromatic rings. The first-order valence-electron chi connectivity index (χ1n) is 7.30. The van der Waals surface area contributed by atoms with E-state index in [1.807, 2.05) is 6.07 Å². The number of carbonyl (C=O) groups excluding carboxylic acids is 2. The molecule has 0 aliphatic carbocycles. The number of hydrogen-bond acceptors (Lipinski definition) is 11. The SMILES string of the molecule is COC(=O)O[C@H]1OC(C#N)(c2ccc3c(N)ncnn23)[C@@H]2OC(=O)O[C@@H]12. The van der Waals surface area contributed by atoms with Gasteiger partial charge in [-0.15, -0.1) is 0 Å². The number of rotatable bonds is 2. The van der Waals surface area contributed by atoms with Crippen molar-refractivity contribution in [1.29, 1.82) is 5.26 Å². The third kappa shape index (κ3) is 2.04. The van der Waals surface area contributed by atoms with Crippen molar-refractivity contribution in [3.63, 3.8) is 0 Å². The van der Waals surface area contributed by atoms with E-state index in [1.165, 1.54) is 16.9 Å². The summed E-state index contributed by atoms with van der Waals surface area (Å²) >= 11 is 0. The molecule has 12 heteroatoms. The molecule has 2 N–H and O–H groups in total. The number of ether oxygens (including phenoxy) is 5. The zero-order chi connectivity index (χ0) is 18.5. The van der Waals surface area contributed by atoms with E-state index in [9.17, 15) is 14.9 Å². The molecule has 0 aromatic carbocycles. The highest BCUT2D eigenvalue weighted by molar-refractivity contribution is 5.67. The number of anilines is 1. The third-order valence-electron chi connectivity index (χ3n) is 4.13. The Morgan fingerprint density at radius 2 is 2.27 bits per heavy atom. The molecule has 1 unspecified atom stereocenters. The van der Waals surface area contributed by atoms with Gasteiger partial charge in [-0.3, -0.25) is 0 Å². The van der Waals surface area contributed by atoms with Gasteiger partial charge in [0.25, 0.3) is 0 Å². The van der Waals surface area contributed by atoms with Crippen LogP contribution in [0.5, 0.6) is 0 Å². The Hall–Kier alpha value is -3.59. The van der Waals surface area contributed by atoms with Crippen molar-refractivity contribution in [2.75, 3.05) is 12.8 Å². The number of nitrogens with zero attached hydrogens (tertiary/aromatic N) is 4. The van der Waals surface area contributed by atoms with E-state index >= 15 is 0 Å². The van der Waals surface area contributed by atoms with Crippen LogP contribution in [-0.2, 0) is 29.3 Å². The molecule has 2 saturated heterocycles. The molecule has 0 radical (unpaired) electrons. The van der Waals surface area contributed by atoms with Gasteiger partial charge in [-0.2, -0.15) is 10.4 Å². The predicted molar refractivity (Wildman–Crippen MR) is 78.2 cm³/mol. The second kappa shape index (κ2) is 5.46. The molecular formula is C14H11N5O7. The fourth-order valence-corrected chi connectivity index (χ4v) is 3.02. The van der Waals surface area contributed by atoms with E-state index in [0.717, 1.165) is 7.11 Å². The van der Waals surface area contributed by atoms with Crippen LogP contribution in [0.15, 0.2) is 18.5 Å². The number of methoxy groups -OCH3 is 1. The number of fused-ring (bicyclic) bond motifs is 2. The van der Waals surface area contributed by atoms with Crippen molar-refractivity contribution in [1.82, 2.24) is 14.6 Å². The Bertz CT molecular complexity index is 953. The number of aromatic nitrogens is 3. The van der Waals surface area contributed by atoms with Gasteiger partial charge in [-0.1, -0.05) is 0 Å². The lowest BCUT2D eigenvalue weighted by molar-refractivity contribution is -0.167. The van der Waals surface area contributed by atoms with Crippen molar-refractivity contribution >= 4 is 23.6 Å². The Kier molecular flexibility index (Phi) is 3.34. The van der Waals surface area contributed by atoms with Gasteiger partial charge in [-0.05, 0) is 12.1 Å². The number of nitrogens with two attached hydrogens (primary N) is 1. The highest BCUT2D eigenvalue weighted by Crippen LogP contribution is 2.46. The Labute approximate surface area is 144 Å². The van der Waals surface area contributed by atoms with Gasteiger partial charge in [0.05, 0.1) is 12.8 Å². The van der Waals surface area contributed by atoms with Gasteiger partial charge in [0.15, 0.2) is 11.9 Å². The lowest BCUT2D eigenvalue weighted by Gasteiger charge is -2.24. The molecule has 2 fully saturated rings. The smallest absolute Gasteiger partial charge is 0.438 e. The normalized spacial score (nSPS) is 29.5. The fraction of sp³-hybridized carbons (Fsp3) is 0.357. The van der Waals surface area contributed by atoms with E-state index in [4.69, 9.17) is 24.7 Å². The van der Waals surface area contributed by atoms with Gasteiger partial charge in [0.2, 0.25) is 18.0 Å². The van der Waals surface area contributed by atoms with E-state index in [-0.39, 0.29) is 11.5 Å². The van der Waals surface area contributed by atoms with Crippen LogP contribution in [0.4, 0.5) is 15.4 Å². The Morgan fingerprint density at radius 3 is 3.00 bits per heavy atom. The molecule has 134 valence electrons. The van der Waals surface area contributed by atoms with Crippen molar-refractivity contribution in [2.24, 2.45) is 0 Å². The summed E-state index contributed by atoms with van der Waals surface area (Å²) in [5.74, 6) is 0.177. The number of carbonyl (C=O) groups is 2. The summed E-state index contributed by atoms with van der Waals surface area (Å²) in [6.07, 6.45) is -4.67. The average molecular weight is 361 g/mol. The van der Waals surface area contributed by atoms with Crippen molar-refractivity contribution < 1.29 is 33.3 Å². The zero-order valence-corrected chi connectivity index (χ0v) is 13.2. The van der Waals surface area contributed by atoms with Crippen LogP contribution in [-0.4, -0.2) is 52.5 Å². The fourth-order valence-electron chi connectivity index (χ4n) is 3.02. The van der Waals surface area contributed by atoms with E-state index in [0.29, 0.717) is 5.52 Å². The van der Waals surface area contributed by atoms with Crippen molar-refractivity contribution in [3.8, 4) is 6.07 Å². The average Bonchev–Trinajstić information content (AvgIpc) is 3.29. The van der Waals surface area contributed by atoms with Crippen LogP contribution in [0.1, 0.15) is 5.69 Å². The standard InChI is InChI=1S/C14H11N5O7/c1-22-12(20)25-11-8-9(24-13(21)23-8)14(4-15,26-11)7-3-2-6-10(16)17-5-18-19(6)7/h2-3,5,8-9,11H,1H3,(H2,16,17,18)/t8-,9-,11+,14?/m1/s1. The molecule has 0 amide bonds. The van der Waals surface area contributed by atoms with Crippen LogP contribution in [0.2, 0.25) is 0 Å². The molecule has 0 spiro atoms. The van der Waals surface area contributed by atoms with Gasteiger partial charge < -0.3 is 29.4 Å². The first-order valence-corrected chi connectivity index (χ1v) is 7.30. The first-order chi connectivity index (χ1) is 12.5. The third-order valence-corrected chi connectivity index (χ3v) is 4.13. The molecule has 0 saturated carbocycles. The largest absolute Gasteiger partial charge is 0.510 e. The molecule has 0 bridgehead atoms. The van der Waals surface area contributed by atoms with Gasteiger partial charge >= 0.3 is 12.3 Å². The summed E-state index contributed by atoms with van der Waals surface area (Å²) in [6.45, 7) is 0. The van der Waals surface area contributed by atoms with Crippen LogP contribution in [0, 0.1) is 11.3 Å². The van der Waals surface area contributed by atoms with Crippen LogP contribution < -0.4 is 5.73 Å². The topological polar surface area (TPSA) is 160 Å². The van der Waals surface area contributed by atoms with Crippen LogP contribution >= 0.6 is 0 Å². The van der Waals surface area contributed by atoms with Crippen molar-refractivity contribution in [3.05, 3.63) is 24.2 Å². The number of nitriles is 1. The Balaban J connectivity index is 1.83. The highest BCUT2D eigenvalue weighted by atomic mass is 16.8. The predicted octanol–water partition coefficient (Wildman–Crippen LogP) is 0.0737. The second-order valence-electron chi connectivity index (χ2n) is 5.44. The minimum Gasteiger partial charge on any atom is -0.438 e. The minimum atomic E-state index is -1.86. The molecule has 26 heavy (non-hydrogen) atoms. The summed E-state index contributed by atoms with van der Waals surface area (Å²) in [6, 6.07) is 5.07. The van der Waals surface area contributed by atoms with E-state index in [1.54, 1.807) is 6.07 Å². The number of nitrogen functional groups attached to an aromatic ring is 1. The maximum atomic E-state index is 11.6. The monoisotopic (exact) mass is 361 g/mol. The summed E-state index contributed by atoms with van der Waals surface area (Å²) in [7, 11) is 1.10. The number of hydrogen-bond donors (Lipinski definition) is 1.